The van der Waals surface area contributed by atoms with Crippen LogP contribution in [0.25, 0.3) is 22.2 Å². The van der Waals surface area contributed by atoms with Crippen molar-refractivity contribution < 1.29 is 23.8 Å². The summed E-state index contributed by atoms with van der Waals surface area (Å²) in [6.45, 7) is 6.29. The standard InChI is InChI=1S/C39H49N5O6/c1-7-23(2)36(39-42-29-13-10-11-14-30(29)43-39)44-34(47)15-9-8-12-20-40-31-19-17-26-27(22-32(31)46)28(41-24(3)45)18-16-25-21-33(48-4)37(49-5)38(50-6)35(25)26/h10-11,13-14,17,19,21-23,28,36H,7-9,12,15-16,18,20H2,1-6H3,(H,40,46)(H,41,45)(H,42,43)(H,44,47)/t23-,28-,36-/m0/s1. The van der Waals surface area contributed by atoms with Crippen molar-refractivity contribution in [3.8, 4) is 28.4 Å². The number of fused-ring (bicyclic) bond motifs is 4. The Bertz CT molecular complexity index is 1860. The average Bonchev–Trinajstić information content (AvgIpc) is 3.41. The second-order valence-electron chi connectivity index (χ2n) is 12.9. The Hall–Kier alpha value is -5.06. The fourth-order valence-electron chi connectivity index (χ4n) is 6.75. The van der Waals surface area contributed by atoms with Gasteiger partial charge < -0.3 is 35.1 Å². The van der Waals surface area contributed by atoms with Crippen LogP contribution in [0.1, 0.15) is 88.3 Å². The van der Waals surface area contributed by atoms with Gasteiger partial charge in [-0.05, 0) is 78.6 Å². The number of aryl methyl sites for hydroxylation is 1. The Balaban J connectivity index is 1.26. The van der Waals surface area contributed by atoms with Gasteiger partial charge in [-0.25, -0.2) is 4.98 Å². The number of para-hydroxylation sites is 2. The maximum Gasteiger partial charge on any atom is 0.220 e. The molecule has 50 heavy (non-hydrogen) atoms. The number of hydrogen-bond acceptors (Lipinski definition) is 8. The van der Waals surface area contributed by atoms with E-state index in [-0.39, 0.29) is 35.2 Å². The number of imidazole rings is 1. The number of carbonyl (C=O) groups is 2. The zero-order chi connectivity index (χ0) is 35.8. The molecule has 0 saturated carbocycles. The zero-order valence-electron chi connectivity index (χ0n) is 29.9. The van der Waals surface area contributed by atoms with Crippen LogP contribution in [0.2, 0.25) is 0 Å². The van der Waals surface area contributed by atoms with Gasteiger partial charge in [-0.15, -0.1) is 0 Å². The summed E-state index contributed by atoms with van der Waals surface area (Å²) in [5.41, 5.74) is 5.41. The van der Waals surface area contributed by atoms with E-state index in [0.717, 1.165) is 59.2 Å². The molecule has 1 aliphatic carbocycles. The van der Waals surface area contributed by atoms with Crippen molar-refractivity contribution in [2.24, 2.45) is 5.92 Å². The molecular formula is C39H49N5O6. The number of methoxy groups -OCH3 is 3. The van der Waals surface area contributed by atoms with Gasteiger partial charge in [-0.1, -0.05) is 44.9 Å². The van der Waals surface area contributed by atoms with Crippen molar-refractivity contribution in [1.29, 1.82) is 0 Å². The van der Waals surface area contributed by atoms with E-state index in [1.165, 1.54) is 6.92 Å². The molecule has 11 heteroatoms. The van der Waals surface area contributed by atoms with Crippen LogP contribution in [0, 0.1) is 5.92 Å². The monoisotopic (exact) mass is 683 g/mol. The Morgan fingerprint density at radius 1 is 1.00 bits per heavy atom. The predicted octanol–water partition coefficient (Wildman–Crippen LogP) is 6.62. The number of amides is 2. The van der Waals surface area contributed by atoms with Crippen LogP contribution < -0.4 is 35.6 Å². The number of benzene rings is 2. The molecule has 3 aromatic carbocycles. The summed E-state index contributed by atoms with van der Waals surface area (Å²) in [4.78, 5) is 46.9. The third-order valence-electron chi connectivity index (χ3n) is 9.54. The maximum absolute atomic E-state index is 13.6. The molecule has 0 bridgehead atoms. The molecule has 0 spiro atoms. The summed E-state index contributed by atoms with van der Waals surface area (Å²) in [6.07, 6.45) is 4.87. The molecule has 1 aliphatic rings. The number of unbranched alkanes of at least 4 members (excludes halogenated alkanes) is 2. The van der Waals surface area contributed by atoms with Gasteiger partial charge in [-0.3, -0.25) is 14.4 Å². The summed E-state index contributed by atoms with van der Waals surface area (Å²) >= 11 is 0. The fourth-order valence-corrected chi connectivity index (χ4v) is 6.75. The zero-order valence-corrected chi connectivity index (χ0v) is 29.9. The van der Waals surface area contributed by atoms with E-state index in [1.807, 2.05) is 36.4 Å². The van der Waals surface area contributed by atoms with Crippen molar-refractivity contribution in [1.82, 2.24) is 20.6 Å². The Morgan fingerprint density at radius 2 is 1.78 bits per heavy atom. The lowest BCUT2D eigenvalue weighted by Gasteiger charge is -2.22. The van der Waals surface area contributed by atoms with Crippen LogP contribution in [0.4, 0.5) is 5.69 Å². The van der Waals surface area contributed by atoms with E-state index < -0.39 is 0 Å². The number of aromatic amines is 1. The highest BCUT2D eigenvalue weighted by Crippen LogP contribution is 2.50. The lowest BCUT2D eigenvalue weighted by molar-refractivity contribution is -0.122. The first-order valence-corrected chi connectivity index (χ1v) is 17.4. The summed E-state index contributed by atoms with van der Waals surface area (Å²) in [6, 6.07) is 14.6. The van der Waals surface area contributed by atoms with Gasteiger partial charge in [0, 0.05) is 25.5 Å². The molecule has 4 aromatic rings. The van der Waals surface area contributed by atoms with Crippen LogP contribution in [-0.2, 0) is 16.0 Å². The average molecular weight is 684 g/mol. The van der Waals surface area contributed by atoms with E-state index in [4.69, 9.17) is 19.2 Å². The number of rotatable bonds is 15. The minimum atomic E-state index is -0.373. The lowest BCUT2D eigenvalue weighted by atomic mass is 9.95. The van der Waals surface area contributed by atoms with Crippen molar-refractivity contribution in [2.75, 3.05) is 33.2 Å². The highest BCUT2D eigenvalue weighted by molar-refractivity contribution is 5.84. The van der Waals surface area contributed by atoms with Gasteiger partial charge in [-0.2, -0.15) is 0 Å². The largest absolute Gasteiger partial charge is 0.493 e. The smallest absolute Gasteiger partial charge is 0.220 e. The lowest BCUT2D eigenvalue weighted by Crippen LogP contribution is -2.33. The second-order valence-corrected chi connectivity index (χ2v) is 12.9. The highest BCUT2D eigenvalue weighted by atomic mass is 16.5. The first kappa shape index (κ1) is 36.2. The summed E-state index contributed by atoms with van der Waals surface area (Å²) in [5.74, 6) is 2.35. The molecule has 0 radical (unpaired) electrons. The molecule has 2 amide bonds. The number of hydrogen-bond donors (Lipinski definition) is 4. The van der Waals surface area contributed by atoms with Crippen molar-refractivity contribution in [3.63, 3.8) is 0 Å². The number of nitrogens with zero attached hydrogens (tertiary/aromatic N) is 1. The van der Waals surface area contributed by atoms with E-state index in [0.29, 0.717) is 54.3 Å². The van der Waals surface area contributed by atoms with Crippen LogP contribution in [0.15, 0.2) is 53.3 Å². The van der Waals surface area contributed by atoms with Crippen molar-refractivity contribution in [2.45, 2.75) is 77.8 Å². The molecule has 11 nitrogen and oxygen atoms in total. The van der Waals surface area contributed by atoms with Crippen LogP contribution >= 0.6 is 0 Å². The SMILES string of the molecule is CC[C@H](C)[C@H](NC(=O)CCCCCNc1ccc2c(cc1=O)[C@@H](NC(C)=O)CCc1cc(OC)c(OC)c(OC)c1-2)c1nc2ccccc2[nH]1. The van der Waals surface area contributed by atoms with Gasteiger partial charge >= 0.3 is 0 Å². The Morgan fingerprint density at radius 3 is 2.48 bits per heavy atom. The topological polar surface area (TPSA) is 144 Å². The fraction of sp³-hybridized carbons (Fsp3) is 0.436. The van der Waals surface area contributed by atoms with Gasteiger partial charge in [0.05, 0.1) is 50.1 Å². The summed E-state index contributed by atoms with van der Waals surface area (Å²) in [5, 5.41) is 9.56. The molecule has 0 aliphatic heterocycles. The number of H-pyrrole nitrogens is 1. The summed E-state index contributed by atoms with van der Waals surface area (Å²) in [7, 11) is 4.72. The van der Waals surface area contributed by atoms with Gasteiger partial charge in [0.15, 0.2) is 11.5 Å². The molecule has 0 fully saturated rings. The molecule has 1 heterocycles. The van der Waals surface area contributed by atoms with Crippen LogP contribution in [0.5, 0.6) is 17.2 Å². The molecule has 266 valence electrons. The quantitative estimate of drug-likeness (QED) is 0.103. The minimum Gasteiger partial charge on any atom is -0.493 e. The number of carbonyl (C=O) groups excluding carboxylic acids is 2. The van der Waals surface area contributed by atoms with Crippen molar-refractivity contribution in [3.05, 3.63) is 75.7 Å². The maximum atomic E-state index is 13.6. The molecule has 3 atom stereocenters. The normalized spacial score (nSPS) is 14.8. The molecule has 4 N–H and O–H groups in total. The highest BCUT2D eigenvalue weighted by Gasteiger charge is 2.29. The molecule has 0 saturated heterocycles. The number of nitrogens with one attached hydrogen (secondary N) is 4. The Labute approximate surface area is 293 Å². The van der Waals surface area contributed by atoms with Gasteiger partial charge in [0.25, 0.3) is 0 Å². The van der Waals surface area contributed by atoms with Crippen LogP contribution in [-0.4, -0.2) is 49.7 Å². The second kappa shape index (κ2) is 16.6. The van der Waals surface area contributed by atoms with Gasteiger partial charge in [0.2, 0.25) is 23.0 Å². The number of aromatic nitrogens is 2. The van der Waals surface area contributed by atoms with Gasteiger partial charge in [0.1, 0.15) is 5.82 Å². The summed E-state index contributed by atoms with van der Waals surface area (Å²) < 4.78 is 17.2. The molecule has 5 rings (SSSR count). The van der Waals surface area contributed by atoms with E-state index in [9.17, 15) is 14.4 Å². The number of ether oxygens (including phenoxy) is 3. The first-order valence-electron chi connectivity index (χ1n) is 17.4. The van der Waals surface area contributed by atoms with E-state index in [1.54, 1.807) is 33.5 Å². The Kier molecular flexibility index (Phi) is 12.0. The molecule has 1 aromatic heterocycles. The number of anilines is 1. The van der Waals surface area contributed by atoms with Crippen molar-refractivity contribution >= 4 is 28.5 Å². The molecule has 0 unspecified atom stereocenters. The molecular weight excluding hydrogens is 634 g/mol. The van der Waals surface area contributed by atoms with Crippen LogP contribution in [0.3, 0.4) is 0 Å². The van der Waals surface area contributed by atoms with E-state index in [2.05, 4.69) is 34.8 Å². The third-order valence-corrected chi connectivity index (χ3v) is 9.54. The predicted molar refractivity (Wildman–Crippen MR) is 196 cm³/mol. The minimum absolute atomic E-state index is 0.000766. The third kappa shape index (κ3) is 8.04. The van der Waals surface area contributed by atoms with E-state index >= 15 is 0 Å². The first-order chi connectivity index (χ1) is 24.2.